The van der Waals surface area contributed by atoms with E-state index in [1.54, 1.807) is 30.3 Å². The topological polar surface area (TPSA) is 96.2 Å². The molecule has 23 heavy (non-hydrogen) atoms. The van der Waals surface area contributed by atoms with Gasteiger partial charge in [0.05, 0.1) is 11.3 Å². The Morgan fingerprint density at radius 3 is 2.26 bits per heavy atom. The van der Waals surface area contributed by atoms with E-state index in [1.165, 1.54) is 6.07 Å². The number of rotatable bonds is 3. The first-order chi connectivity index (χ1) is 10.9. The molecule has 0 aliphatic rings. The molecule has 0 saturated carbocycles. The van der Waals surface area contributed by atoms with Crippen molar-refractivity contribution in [3.05, 3.63) is 56.5 Å². The molecule has 0 aliphatic heterocycles. The van der Waals surface area contributed by atoms with E-state index in [9.17, 15) is 9.59 Å². The van der Waals surface area contributed by atoms with Crippen LogP contribution in [0.1, 0.15) is 10.4 Å². The number of halogens is 3. The molecule has 0 unspecified atom stereocenters. The van der Waals surface area contributed by atoms with Crippen molar-refractivity contribution in [3.63, 3.8) is 0 Å². The maximum absolute atomic E-state index is 12.1. The van der Waals surface area contributed by atoms with Crippen LogP contribution in [-0.2, 0) is 0 Å². The van der Waals surface area contributed by atoms with E-state index in [0.29, 0.717) is 20.2 Å². The molecule has 0 aromatic heterocycles. The first kappa shape index (κ1) is 17.6. The summed E-state index contributed by atoms with van der Waals surface area (Å²) in [7, 11) is 0. The number of urea groups is 1. The third-order valence-corrected chi connectivity index (χ3v) is 3.66. The van der Waals surface area contributed by atoms with Crippen LogP contribution in [0.3, 0.4) is 0 Å². The first-order valence-corrected chi connectivity index (χ1v) is 7.78. The summed E-state index contributed by atoms with van der Waals surface area (Å²) in [5.41, 5.74) is 2.94. The molecule has 9 heteroatoms. The summed E-state index contributed by atoms with van der Waals surface area (Å²) in [6.45, 7) is 0. The van der Waals surface area contributed by atoms with Gasteiger partial charge in [-0.1, -0.05) is 39.1 Å². The smallest absolute Gasteiger partial charge is 0.308 e. The van der Waals surface area contributed by atoms with Crippen molar-refractivity contribution in [1.82, 2.24) is 5.43 Å². The minimum atomic E-state index is -0.562. The van der Waals surface area contributed by atoms with Crippen molar-refractivity contribution in [1.29, 1.82) is 0 Å². The van der Waals surface area contributed by atoms with Gasteiger partial charge in [-0.3, -0.25) is 10.2 Å². The van der Waals surface area contributed by atoms with Gasteiger partial charge in [-0.25, -0.2) is 10.6 Å². The number of amides is 3. The fraction of sp³-hybridized carbons (Fsp3) is 0. The Balaban J connectivity index is 2.19. The first-order valence-electron chi connectivity index (χ1n) is 6.23. The number of nitrogens with two attached hydrogens (primary N) is 1. The highest BCUT2D eigenvalue weighted by Crippen LogP contribution is 2.24. The van der Waals surface area contributed by atoms with Crippen LogP contribution in [0, 0.1) is 0 Å². The Kier molecular flexibility index (Phi) is 5.84. The van der Waals surface area contributed by atoms with E-state index in [4.69, 9.17) is 29.0 Å². The molecule has 2 aromatic rings. The SMILES string of the molecule is NNC(=O)c1ccc(Br)cc1NC(=O)Nc1cc(Cl)cc(Cl)c1. The summed E-state index contributed by atoms with van der Waals surface area (Å²) in [5, 5.41) is 5.92. The molecule has 0 bridgehead atoms. The molecule has 0 spiro atoms. The second-order valence-corrected chi connectivity index (χ2v) is 6.19. The van der Waals surface area contributed by atoms with Gasteiger partial charge in [-0.15, -0.1) is 0 Å². The molecular formula is C14H11BrCl2N4O2. The van der Waals surface area contributed by atoms with E-state index in [-0.39, 0.29) is 11.3 Å². The molecule has 2 rings (SSSR count). The maximum atomic E-state index is 12.1. The van der Waals surface area contributed by atoms with E-state index >= 15 is 0 Å². The molecule has 0 fully saturated rings. The molecule has 3 amide bonds. The summed E-state index contributed by atoms with van der Waals surface area (Å²) in [4.78, 5) is 23.8. The number of hydrogen-bond donors (Lipinski definition) is 4. The van der Waals surface area contributed by atoms with Gasteiger partial charge >= 0.3 is 6.03 Å². The van der Waals surface area contributed by atoms with Gasteiger partial charge in [0.25, 0.3) is 5.91 Å². The van der Waals surface area contributed by atoms with Gasteiger partial charge in [0.1, 0.15) is 0 Å². The van der Waals surface area contributed by atoms with Crippen molar-refractivity contribution in [2.45, 2.75) is 0 Å². The lowest BCUT2D eigenvalue weighted by molar-refractivity contribution is 0.0954. The third kappa shape index (κ3) is 4.84. The normalized spacial score (nSPS) is 10.1. The molecule has 2 aromatic carbocycles. The molecule has 0 atom stereocenters. The molecule has 0 aliphatic carbocycles. The predicted octanol–water partition coefficient (Wildman–Crippen LogP) is 4.00. The quantitative estimate of drug-likeness (QED) is 0.345. The van der Waals surface area contributed by atoms with Crippen molar-refractivity contribution < 1.29 is 9.59 Å². The summed E-state index contributed by atoms with van der Waals surface area (Å²) in [5.74, 6) is 4.60. The summed E-state index contributed by atoms with van der Waals surface area (Å²) >= 11 is 15.0. The molecular weight excluding hydrogens is 407 g/mol. The number of carbonyl (C=O) groups is 2. The van der Waals surface area contributed by atoms with Crippen molar-refractivity contribution >= 4 is 62.4 Å². The second kappa shape index (κ2) is 7.65. The third-order valence-electron chi connectivity index (χ3n) is 2.73. The van der Waals surface area contributed by atoms with Crippen LogP contribution in [0.15, 0.2) is 40.9 Å². The molecule has 120 valence electrons. The molecule has 6 nitrogen and oxygen atoms in total. The highest BCUT2D eigenvalue weighted by molar-refractivity contribution is 9.10. The van der Waals surface area contributed by atoms with Crippen LogP contribution >= 0.6 is 39.1 Å². The van der Waals surface area contributed by atoms with Crippen molar-refractivity contribution in [3.8, 4) is 0 Å². The Morgan fingerprint density at radius 2 is 1.65 bits per heavy atom. The monoisotopic (exact) mass is 416 g/mol. The van der Waals surface area contributed by atoms with Gasteiger partial charge < -0.3 is 10.6 Å². The molecule has 0 radical (unpaired) electrons. The zero-order chi connectivity index (χ0) is 17.0. The highest BCUT2D eigenvalue weighted by atomic mass is 79.9. The van der Waals surface area contributed by atoms with E-state index in [1.807, 2.05) is 5.43 Å². The van der Waals surface area contributed by atoms with Crippen LogP contribution in [0.5, 0.6) is 0 Å². The highest BCUT2D eigenvalue weighted by Gasteiger charge is 2.13. The van der Waals surface area contributed by atoms with Gasteiger partial charge in [0.2, 0.25) is 0 Å². The summed E-state index contributed by atoms with van der Waals surface area (Å²) < 4.78 is 0.687. The molecule has 0 saturated heterocycles. The van der Waals surface area contributed by atoms with E-state index in [0.717, 1.165) is 0 Å². The lowest BCUT2D eigenvalue weighted by Gasteiger charge is -2.12. The number of nitrogens with one attached hydrogen (secondary N) is 3. The average Bonchev–Trinajstić information content (AvgIpc) is 2.45. The van der Waals surface area contributed by atoms with Gasteiger partial charge in [-0.2, -0.15) is 0 Å². The van der Waals surface area contributed by atoms with Crippen molar-refractivity contribution in [2.75, 3.05) is 10.6 Å². The fourth-order valence-electron chi connectivity index (χ4n) is 1.81. The molecule has 0 heterocycles. The van der Waals surface area contributed by atoms with Gasteiger partial charge in [0, 0.05) is 20.2 Å². The molecule has 5 N–H and O–H groups in total. The second-order valence-electron chi connectivity index (χ2n) is 4.40. The number of nitrogen functional groups attached to an aromatic ring is 1. The maximum Gasteiger partial charge on any atom is 0.323 e. The van der Waals surface area contributed by atoms with Gasteiger partial charge in [-0.05, 0) is 36.4 Å². The van der Waals surface area contributed by atoms with Crippen LogP contribution < -0.4 is 21.9 Å². The van der Waals surface area contributed by atoms with Crippen LogP contribution in [0.25, 0.3) is 0 Å². The number of carbonyl (C=O) groups excluding carboxylic acids is 2. The van der Waals surface area contributed by atoms with Crippen LogP contribution in [-0.4, -0.2) is 11.9 Å². The predicted molar refractivity (Wildman–Crippen MR) is 94.9 cm³/mol. The van der Waals surface area contributed by atoms with E-state index in [2.05, 4.69) is 26.6 Å². The number of anilines is 2. The number of hydrazine groups is 1. The zero-order valence-electron chi connectivity index (χ0n) is 11.5. The fourth-order valence-corrected chi connectivity index (χ4v) is 2.69. The van der Waals surface area contributed by atoms with Crippen molar-refractivity contribution in [2.24, 2.45) is 5.84 Å². The standard InChI is InChI=1S/C14H11BrCl2N4O2/c15-7-1-2-11(13(22)21-18)12(3-7)20-14(23)19-10-5-8(16)4-9(17)6-10/h1-6H,18H2,(H,21,22)(H2,19,20,23). The summed E-state index contributed by atoms with van der Waals surface area (Å²) in [6.07, 6.45) is 0. The lowest BCUT2D eigenvalue weighted by atomic mass is 10.1. The Morgan fingerprint density at radius 1 is 1.00 bits per heavy atom. The lowest BCUT2D eigenvalue weighted by Crippen LogP contribution is -2.31. The number of hydrogen-bond acceptors (Lipinski definition) is 3. The largest absolute Gasteiger partial charge is 0.323 e. The number of benzene rings is 2. The average molecular weight is 418 g/mol. The van der Waals surface area contributed by atoms with E-state index < -0.39 is 11.9 Å². The van der Waals surface area contributed by atoms with Crippen LogP contribution in [0.2, 0.25) is 10.0 Å². The summed E-state index contributed by atoms with van der Waals surface area (Å²) in [6, 6.07) is 8.83. The Hall–Kier alpha value is -1.80. The van der Waals surface area contributed by atoms with Gasteiger partial charge in [0.15, 0.2) is 0 Å². The minimum Gasteiger partial charge on any atom is -0.308 e. The van der Waals surface area contributed by atoms with Crippen LogP contribution in [0.4, 0.5) is 16.2 Å². The zero-order valence-corrected chi connectivity index (χ0v) is 14.6. The minimum absolute atomic E-state index is 0.218. The Labute approximate surface area is 150 Å². The Bertz CT molecular complexity index is 750.